The molecule has 0 saturated heterocycles. The summed E-state index contributed by atoms with van der Waals surface area (Å²) in [5.74, 6) is 0.258. The number of hydrogen-bond acceptors (Lipinski definition) is 5. The van der Waals surface area contributed by atoms with Crippen LogP contribution in [0.15, 0.2) is 86.7 Å². The number of amides is 1. The molecule has 31 heavy (non-hydrogen) atoms. The fourth-order valence-corrected chi connectivity index (χ4v) is 3.34. The van der Waals surface area contributed by atoms with Crippen LogP contribution < -0.4 is 10.9 Å². The zero-order valence-corrected chi connectivity index (χ0v) is 18.1. The van der Waals surface area contributed by atoms with E-state index in [9.17, 15) is 9.59 Å². The zero-order valence-electron chi connectivity index (χ0n) is 16.5. The lowest BCUT2D eigenvalue weighted by Crippen LogP contribution is -2.33. The van der Waals surface area contributed by atoms with Crippen molar-refractivity contribution in [2.75, 3.05) is 6.54 Å². The predicted octanol–water partition coefficient (Wildman–Crippen LogP) is 3.69. The molecular formula is C23H19BrN4O3. The Morgan fingerprint density at radius 2 is 1.81 bits per heavy atom. The monoisotopic (exact) mass is 478 g/mol. The molecule has 2 aromatic carbocycles. The van der Waals surface area contributed by atoms with Crippen LogP contribution >= 0.6 is 15.9 Å². The van der Waals surface area contributed by atoms with E-state index in [1.54, 1.807) is 18.3 Å². The van der Waals surface area contributed by atoms with Crippen LogP contribution in [0.25, 0.3) is 22.8 Å². The van der Waals surface area contributed by atoms with E-state index in [0.29, 0.717) is 12.4 Å². The Balaban J connectivity index is 1.44. The number of carbonyl (C=O) groups is 1. The van der Waals surface area contributed by atoms with Gasteiger partial charge < -0.3 is 14.4 Å². The van der Waals surface area contributed by atoms with Gasteiger partial charge in [-0.1, -0.05) is 51.4 Å². The topological polar surface area (TPSA) is 90.0 Å². The van der Waals surface area contributed by atoms with Crippen molar-refractivity contribution in [2.24, 2.45) is 0 Å². The Kier molecular flexibility index (Phi) is 6.37. The van der Waals surface area contributed by atoms with Crippen molar-refractivity contribution in [3.05, 3.63) is 93.3 Å². The molecule has 0 atom stereocenters. The third kappa shape index (κ3) is 5.16. The first kappa shape index (κ1) is 20.7. The van der Waals surface area contributed by atoms with Crippen molar-refractivity contribution in [1.82, 2.24) is 20.0 Å². The van der Waals surface area contributed by atoms with Crippen molar-refractivity contribution in [1.29, 1.82) is 0 Å². The molecule has 0 aliphatic carbocycles. The summed E-state index contributed by atoms with van der Waals surface area (Å²) in [6.45, 7) is 0.409. The van der Waals surface area contributed by atoms with Crippen LogP contribution in [0.3, 0.4) is 0 Å². The van der Waals surface area contributed by atoms with Gasteiger partial charge in [-0.25, -0.2) is 0 Å². The molecule has 156 valence electrons. The third-order valence-electron chi connectivity index (χ3n) is 4.67. The fraction of sp³-hybridized carbons (Fsp3) is 0.130. The molecule has 0 fully saturated rings. The highest BCUT2D eigenvalue weighted by atomic mass is 79.9. The molecule has 4 aromatic rings. The number of nitrogens with one attached hydrogen (secondary N) is 1. The Morgan fingerprint density at radius 3 is 2.58 bits per heavy atom. The summed E-state index contributed by atoms with van der Waals surface area (Å²) in [5, 5.41) is 6.81. The Hall–Kier alpha value is -3.52. The average molecular weight is 479 g/mol. The standard InChI is InChI=1S/C23H19BrN4O3/c24-18-10-8-17(9-11-18)21-26-22(31-27-21)19-7-4-14-28(23(19)30)15-20(29)25-13-12-16-5-2-1-3-6-16/h1-11,14H,12-13,15H2,(H,25,29). The maximum atomic E-state index is 12.8. The summed E-state index contributed by atoms with van der Waals surface area (Å²) in [6.07, 6.45) is 2.29. The van der Waals surface area contributed by atoms with Gasteiger partial charge in [-0.3, -0.25) is 9.59 Å². The lowest BCUT2D eigenvalue weighted by Gasteiger charge is -2.08. The van der Waals surface area contributed by atoms with E-state index in [2.05, 4.69) is 31.4 Å². The number of hydrogen-bond donors (Lipinski definition) is 1. The first-order valence-corrected chi connectivity index (χ1v) is 10.5. The Bertz CT molecular complexity index is 1230. The van der Waals surface area contributed by atoms with Crippen molar-refractivity contribution in [3.63, 3.8) is 0 Å². The normalized spacial score (nSPS) is 10.7. The Labute approximate surface area is 186 Å². The molecule has 0 unspecified atom stereocenters. The highest BCUT2D eigenvalue weighted by Gasteiger charge is 2.16. The van der Waals surface area contributed by atoms with E-state index >= 15 is 0 Å². The molecule has 1 N–H and O–H groups in total. The minimum atomic E-state index is -0.369. The predicted molar refractivity (Wildman–Crippen MR) is 120 cm³/mol. The van der Waals surface area contributed by atoms with Crippen LogP contribution in [0.2, 0.25) is 0 Å². The van der Waals surface area contributed by atoms with E-state index in [1.807, 2.05) is 54.6 Å². The number of aromatic nitrogens is 3. The van der Waals surface area contributed by atoms with Crippen LogP contribution in [0.4, 0.5) is 0 Å². The number of rotatable bonds is 7. The number of pyridine rings is 1. The lowest BCUT2D eigenvalue weighted by atomic mass is 10.1. The number of nitrogens with zero attached hydrogens (tertiary/aromatic N) is 3. The van der Waals surface area contributed by atoms with Crippen molar-refractivity contribution < 1.29 is 9.32 Å². The molecule has 7 nitrogen and oxygen atoms in total. The number of carbonyl (C=O) groups excluding carboxylic acids is 1. The first-order valence-electron chi connectivity index (χ1n) is 9.70. The van der Waals surface area contributed by atoms with E-state index in [1.165, 1.54) is 4.57 Å². The van der Waals surface area contributed by atoms with Crippen LogP contribution in [0.1, 0.15) is 5.56 Å². The SMILES string of the molecule is O=C(Cn1cccc(-c2nc(-c3ccc(Br)cc3)no2)c1=O)NCCc1ccccc1. The van der Waals surface area contributed by atoms with Gasteiger partial charge in [0.2, 0.25) is 11.7 Å². The molecule has 0 aliphatic heterocycles. The molecule has 8 heteroatoms. The molecule has 1 amide bonds. The van der Waals surface area contributed by atoms with E-state index in [0.717, 1.165) is 22.0 Å². The van der Waals surface area contributed by atoms with Crippen LogP contribution in [0.5, 0.6) is 0 Å². The average Bonchev–Trinajstić information content (AvgIpc) is 3.26. The highest BCUT2D eigenvalue weighted by molar-refractivity contribution is 9.10. The highest BCUT2D eigenvalue weighted by Crippen LogP contribution is 2.21. The van der Waals surface area contributed by atoms with Crippen molar-refractivity contribution in [3.8, 4) is 22.8 Å². The van der Waals surface area contributed by atoms with Gasteiger partial charge >= 0.3 is 0 Å². The van der Waals surface area contributed by atoms with Gasteiger partial charge in [0.1, 0.15) is 12.1 Å². The smallest absolute Gasteiger partial charge is 0.263 e. The summed E-state index contributed by atoms with van der Waals surface area (Å²) < 4.78 is 7.57. The van der Waals surface area contributed by atoms with Gasteiger partial charge in [0.15, 0.2) is 0 Å². The number of halogens is 1. The summed E-state index contributed by atoms with van der Waals surface area (Å²) in [4.78, 5) is 29.5. The molecular weight excluding hydrogens is 460 g/mol. The fourth-order valence-electron chi connectivity index (χ4n) is 3.07. The van der Waals surface area contributed by atoms with Crippen LogP contribution in [-0.4, -0.2) is 27.2 Å². The molecule has 0 bridgehead atoms. The molecule has 2 heterocycles. The minimum absolute atomic E-state index is 0.0881. The van der Waals surface area contributed by atoms with Crippen LogP contribution in [0, 0.1) is 0 Å². The Morgan fingerprint density at radius 1 is 1.03 bits per heavy atom. The third-order valence-corrected chi connectivity index (χ3v) is 5.20. The van der Waals surface area contributed by atoms with Gasteiger partial charge in [0, 0.05) is 22.8 Å². The largest absolute Gasteiger partial charge is 0.354 e. The molecule has 0 radical (unpaired) electrons. The van der Waals surface area contributed by atoms with Crippen molar-refractivity contribution in [2.45, 2.75) is 13.0 Å². The van der Waals surface area contributed by atoms with Crippen LogP contribution in [-0.2, 0) is 17.8 Å². The summed E-state index contributed by atoms with van der Waals surface area (Å²) in [5.41, 5.74) is 1.79. The maximum absolute atomic E-state index is 12.8. The first-order chi connectivity index (χ1) is 15.1. The molecule has 0 aliphatic rings. The second kappa shape index (κ2) is 9.53. The summed E-state index contributed by atoms with van der Waals surface area (Å²) in [7, 11) is 0. The van der Waals surface area contributed by atoms with E-state index in [4.69, 9.17) is 4.52 Å². The van der Waals surface area contributed by atoms with Gasteiger partial charge in [0.25, 0.3) is 11.4 Å². The lowest BCUT2D eigenvalue weighted by molar-refractivity contribution is -0.121. The van der Waals surface area contributed by atoms with Gasteiger partial charge in [0.05, 0.1) is 0 Å². The van der Waals surface area contributed by atoms with E-state index < -0.39 is 0 Å². The van der Waals surface area contributed by atoms with Gasteiger partial charge in [-0.15, -0.1) is 0 Å². The number of benzene rings is 2. The molecule has 2 aromatic heterocycles. The molecule has 4 rings (SSSR count). The summed E-state index contributed by atoms with van der Waals surface area (Å²) >= 11 is 3.38. The molecule has 0 saturated carbocycles. The molecule has 0 spiro atoms. The quantitative estimate of drug-likeness (QED) is 0.437. The van der Waals surface area contributed by atoms with Crippen molar-refractivity contribution >= 4 is 21.8 Å². The van der Waals surface area contributed by atoms with E-state index in [-0.39, 0.29) is 29.5 Å². The van der Waals surface area contributed by atoms with Gasteiger partial charge in [-0.2, -0.15) is 4.98 Å². The summed E-state index contributed by atoms with van der Waals surface area (Å²) in [6, 6.07) is 20.6. The maximum Gasteiger partial charge on any atom is 0.263 e. The minimum Gasteiger partial charge on any atom is -0.354 e. The second-order valence-electron chi connectivity index (χ2n) is 6.87. The van der Waals surface area contributed by atoms with Gasteiger partial charge in [-0.05, 0) is 48.4 Å². The second-order valence-corrected chi connectivity index (χ2v) is 7.79. The zero-order chi connectivity index (χ0) is 21.6.